The average Bonchev–Trinajstić information content (AvgIpc) is 2.16. The van der Waals surface area contributed by atoms with E-state index in [1.165, 1.54) is 51.4 Å². The lowest BCUT2D eigenvalue weighted by molar-refractivity contribution is 0.579. The Balaban J connectivity index is 2.86. The second-order valence-electron chi connectivity index (χ2n) is 3.50. The molecule has 0 saturated heterocycles. The van der Waals surface area contributed by atoms with Crippen LogP contribution in [-0.2, 0) is 0 Å². The summed E-state index contributed by atoms with van der Waals surface area (Å²) in [5.41, 5.74) is 0. The Morgan fingerprint density at radius 2 is 1.38 bits per heavy atom. The lowest BCUT2D eigenvalue weighted by Gasteiger charge is -1.98. The molecule has 0 aliphatic carbocycles. The summed E-state index contributed by atoms with van der Waals surface area (Å²) in [5.74, 6) is 2.92. The molecule has 0 fully saturated rings. The Morgan fingerprint density at radius 1 is 0.846 bits per heavy atom. The summed E-state index contributed by atoms with van der Waals surface area (Å²) in [7, 11) is 0. The summed E-state index contributed by atoms with van der Waals surface area (Å²) in [4.78, 5) is 0. The van der Waals surface area contributed by atoms with E-state index in [-0.39, 0.29) is 0 Å². The summed E-state index contributed by atoms with van der Waals surface area (Å²) in [5, 5.41) is 2.52. The van der Waals surface area contributed by atoms with Gasteiger partial charge in [-0.2, -0.15) is 0 Å². The smallest absolute Gasteiger partial charge is 0.0101 e. The molecule has 0 nitrogen and oxygen atoms in total. The highest BCUT2D eigenvalue weighted by Gasteiger charge is 1.89. The van der Waals surface area contributed by atoms with Crippen molar-refractivity contribution in [2.24, 2.45) is 0 Å². The molecule has 0 aliphatic heterocycles. The minimum absolute atomic E-state index is 0.998. The Morgan fingerprint density at radius 3 is 1.92 bits per heavy atom. The molecule has 0 aromatic rings. The van der Waals surface area contributed by atoms with Crippen molar-refractivity contribution in [1.82, 2.24) is 0 Å². The molecule has 75 valence electrons. The van der Waals surface area contributed by atoms with Crippen molar-refractivity contribution in [2.75, 3.05) is 0 Å². The van der Waals surface area contributed by atoms with E-state index in [0.29, 0.717) is 0 Å². The van der Waals surface area contributed by atoms with Crippen molar-refractivity contribution >= 4 is 12.6 Å². The van der Waals surface area contributed by atoms with Crippen LogP contribution in [0.3, 0.4) is 0 Å². The Labute approximate surface area is 88.9 Å². The second kappa shape index (κ2) is 11.8. The molecule has 1 heteroatoms. The molecule has 13 heavy (non-hydrogen) atoms. The standard InChI is InChI=1S/C12H21S/c1-2-3-4-5-6-7-8-9-10-11-12-13/h2-10H2,1H3. The van der Waals surface area contributed by atoms with Crippen LogP contribution in [0.4, 0.5) is 0 Å². The van der Waals surface area contributed by atoms with Crippen LogP contribution in [-0.4, -0.2) is 0 Å². The SMILES string of the molecule is CCCCCCCCCCC#C[S]. The van der Waals surface area contributed by atoms with Crippen LogP contribution in [0.25, 0.3) is 0 Å². The first-order chi connectivity index (χ1) is 6.41. The molecule has 1 radical (unpaired) electrons. The lowest BCUT2D eigenvalue weighted by atomic mass is 10.1. The number of unbranched alkanes of at least 4 members (excludes halogenated alkanes) is 8. The second-order valence-corrected chi connectivity index (χ2v) is 3.71. The highest BCUT2D eigenvalue weighted by molar-refractivity contribution is 7.85. The summed E-state index contributed by atoms with van der Waals surface area (Å²) < 4.78 is 0. The first-order valence-corrected chi connectivity index (χ1v) is 5.92. The van der Waals surface area contributed by atoms with Crippen molar-refractivity contribution in [3.63, 3.8) is 0 Å². The van der Waals surface area contributed by atoms with E-state index < -0.39 is 0 Å². The predicted molar refractivity (Wildman–Crippen MR) is 62.6 cm³/mol. The fourth-order valence-electron chi connectivity index (χ4n) is 1.40. The largest absolute Gasteiger partial charge is 0.0865 e. The quantitative estimate of drug-likeness (QED) is 0.391. The maximum Gasteiger partial charge on any atom is 0.0101 e. The Hall–Kier alpha value is -0.220. The van der Waals surface area contributed by atoms with Gasteiger partial charge in [-0.3, -0.25) is 0 Å². The molecule has 0 aliphatic rings. The van der Waals surface area contributed by atoms with Crippen molar-refractivity contribution in [1.29, 1.82) is 0 Å². The van der Waals surface area contributed by atoms with Gasteiger partial charge in [-0.25, -0.2) is 0 Å². The van der Waals surface area contributed by atoms with Crippen molar-refractivity contribution in [3.05, 3.63) is 0 Å². The van der Waals surface area contributed by atoms with Crippen molar-refractivity contribution in [3.8, 4) is 11.2 Å². The van der Waals surface area contributed by atoms with Gasteiger partial charge in [0, 0.05) is 11.7 Å². The zero-order valence-electron chi connectivity index (χ0n) is 8.77. The van der Waals surface area contributed by atoms with Crippen LogP contribution in [0.5, 0.6) is 0 Å². The van der Waals surface area contributed by atoms with Gasteiger partial charge in [-0.1, -0.05) is 57.8 Å². The van der Waals surface area contributed by atoms with Gasteiger partial charge < -0.3 is 0 Å². The number of hydrogen-bond donors (Lipinski definition) is 0. The van der Waals surface area contributed by atoms with Crippen molar-refractivity contribution in [2.45, 2.75) is 64.7 Å². The highest BCUT2D eigenvalue weighted by atomic mass is 32.1. The van der Waals surface area contributed by atoms with Gasteiger partial charge in [0.2, 0.25) is 0 Å². The third-order valence-electron chi connectivity index (χ3n) is 2.23. The third kappa shape index (κ3) is 11.8. The highest BCUT2D eigenvalue weighted by Crippen LogP contribution is 2.08. The normalized spacial score (nSPS) is 9.31. The lowest BCUT2D eigenvalue weighted by Crippen LogP contribution is -1.79. The van der Waals surface area contributed by atoms with Crippen LogP contribution in [0.15, 0.2) is 0 Å². The zero-order chi connectivity index (χ0) is 9.78. The van der Waals surface area contributed by atoms with E-state index in [4.69, 9.17) is 0 Å². The molecule has 0 heterocycles. The molecule has 0 aromatic carbocycles. The molecule has 0 amide bonds. The topological polar surface area (TPSA) is 0 Å². The summed E-state index contributed by atoms with van der Waals surface area (Å²) >= 11 is 4.54. The molecule has 0 aromatic heterocycles. The maximum atomic E-state index is 4.54. The minimum Gasteiger partial charge on any atom is -0.0865 e. The number of hydrogen-bond acceptors (Lipinski definition) is 0. The summed E-state index contributed by atoms with van der Waals surface area (Å²) in [6.07, 6.45) is 11.9. The first kappa shape index (κ1) is 12.8. The van der Waals surface area contributed by atoms with Crippen LogP contribution in [0.2, 0.25) is 0 Å². The van der Waals surface area contributed by atoms with Gasteiger partial charge >= 0.3 is 0 Å². The summed E-state index contributed by atoms with van der Waals surface area (Å²) in [6, 6.07) is 0. The van der Waals surface area contributed by atoms with Crippen LogP contribution in [0, 0.1) is 11.2 Å². The monoisotopic (exact) mass is 197 g/mol. The predicted octanol–water partition coefficient (Wildman–Crippen LogP) is 4.68. The van der Waals surface area contributed by atoms with E-state index in [0.717, 1.165) is 6.42 Å². The van der Waals surface area contributed by atoms with Crippen molar-refractivity contribution < 1.29 is 0 Å². The van der Waals surface area contributed by atoms with Crippen LogP contribution in [0.1, 0.15) is 64.7 Å². The molecule has 0 bridgehead atoms. The van der Waals surface area contributed by atoms with E-state index in [9.17, 15) is 0 Å². The maximum absolute atomic E-state index is 4.54. The zero-order valence-corrected chi connectivity index (χ0v) is 9.59. The van der Waals surface area contributed by atoms with E-state index >= 15 is 0 Å². The molecule has 0 rings (SSSR count). The molecule has 0 atom stereocenters. The molecule has 0 N–H and O–H groups in total. The minimum atomic E-state index is 0.998. The molecule has 0 spiro atoms. The summed E-state index contributed by atoms with van der Waals surface area (Å²) in [6.45, 7) is 2.26. The van der Waals surface area contributed by atoms with Gasteiger partial charge in [0.05, 0.1) is 0 Å². The Bertz CT molecular complexity index is 141. The average molecular weight is 197 g/mol. The van der Waals surface area contributed by atoms with Crippen LogP contribution < -0.4 is 0 Å². The van der Waals surface area contributed by atoms with Gasteiger partial charge in [0.1, 0.15) is 0 Å². The molecular formula is C12H21S. The van der Waals surface area contributed by atoms with Crippen LogP contribution >= 0.6 is 12.6 Å². The van der Waals surface area contributed by atoms with E-state index in [1.54, 1.807) is 0 Å². The Kier molecular flexibility index (Phi) is 11.6. The van der Waals surface area contributed by atoms with Gasteiger partial charge in [-0.05, 0) is 19.0 Å². The van der Waals surface area contributed by atoms with E-state index in [2.05, 4.69) is 30.7 Å². The fourth-order valence-corrected chi connectivity index (χ4v) is 1.50. The fraction of sp³-hybridized carbons (Fsp3) is 0.833. The molecular weight excluding hydrogens is 176 g/mol. The van der Waals surface area contributed by atoms with Gasteiger partial charge in [0.25, 0.3) is 0 Å². The van der Waals surface area contributed by atoms with E-state index in [1.807, 2.05) is 0 Å². The molecule has 0 unspecified atom stereocenters. The first-order valence-electron chi connectivity index (χ1n) is 5.51. The molecule has 0 saturated carbocycles. The third-order valence-corrected chi connectivity index (χ3v) is 2.37. The van der Waals surface area contributed by atoms with Gasteiger partial charge in [0.15, 0.2) is 0 Å². The van der Waals surface area contributed by atoms with Gasteiger partial charge in [-0.15, -0.1) is 0 Å². The number of rotatable bonds is 8.